The fraction of sp³-hybridized carbons (Fsp3) is 0.727. The molecule has 1 aliphatic carbocycles. The van der Waals surface area contributed by atoms with E-state index in [4.69, 9.17) is 9.47 Å². The Morgan fingerprint density at radius 3 is 2.59 bits per heavy atom. The molecule has 1 aromatic rings. The molecule has 0 spiro atoms. The summed E-state index contributed by atoms with van der Waals surface area (Å²) in [6.07, 6.45) is 2.35. The average molecular weight is 377 g/mol. The number of morpholine rings is 1. The van der Waals surface area contributed by atoms with Gasteiger partial charge in [-0.1, -0.05) is 13.8 Å². The van der Waals surface area contributed by atoms with Gasteiger partial charge in [-0.25, -0.2) is 4.39 Å². The van der Waals surface area contributed by atoms with Crippen molar-refractivity contribution in [2.24, 2.45) is 16.7 Å². The molecule has 5 heteroatoms. The maximum absolute atomic E-state index is 13.0. The van der Waals surface area contributed by atoms with Crippen molar-refractivity contribution in [2.75, 3.05) is 59.1 Å². The lowest BCUT2D eigenvalue weighted by atomic mass is 9.48. The summed E-state index contributed by atoms with van der Waals surface area (Å²) in [5.41, 5.74) is 0.935. The molecule has 0 unspecified atom stereocenters. The summed E-state index contributed by atoms with van der Waals surface area (Å²) in [5, 5.41) is 0. The Morgan fingerprint density at radius 2 is 1.89 bits per heavy atom. The number of nitrogens with zero attached hydrogens (tertiary/aromatic N) is 2. The number of ether oxygens (including phenoxy) is 2. The van der Waals surface area contributed by atoms with Gasteiger partial charge < -0.3 is 14.4 Å². The van der Waals surface area contributed by atoms with E-state index < -0.39 is 0 Å². The van der Waals surface area contributed by atoms with Crippen LogP contribution in [0, 0.1) is 22.6 Å². The molecule has 0 aromatic heterocycles. The molecule has 150 valence electrons. The van der Waals surface area contributed by atoms with Crippen molar-refractivity contribution in [3.05, 3.63) is 30.1 Å². The van der Waals surface area contributed by atoms with E-state index in [0.717, 1.165) is 50.9 Å². The summed E-state index contributed by atoms with van der Waals surface area (Å²) >= 11 is 0. The van der Waals surface area contributed by atoms with Gasteiger partial charge in [0.05, 0.1) is 19.8 Å². The lowest BCUT2D eigenvalue weighted by Crippen LogP contribution is -2.59. The topological polar surface area (TPSA) is 24.9 Å². The minimum Gasteiger partial charge on any atom is -0.494 e. The SMILES string of the molecule is CC1(C)C[C@]2(CN3CCOCC3)CN(CCCOc3ccc(F)cc3)C[C@H]12. The molecule has 2 atom stereocenters. The minimum absolute atomic E-state index is 0.219. The summed E-state index contributed by atoms with van der Waals surface area (Å²) in [6, 6.07) is 6.30. The lowest BCUT2D eigenvalue weighted by Gasteiger charge is -2.58. The quantitative estimate of drug-likeness (QED) is 0.682. The molecule has 1 aromatic carbocycles. The van der Waals surface area contributed by atoms with Gasteiger partial charge in [0.25, 0.3) is 0 Å². The number of likely N-dealkylation sites (tertiary alicyclic amines) is 1. The first kappa shape index (κ1) is 19.2. The smallest absolute Gasteiger partial charge is 0.123 e. The molecule has 0 N–H and O–H groups in total. The zero-order valence-corrected chi connectivity index (χ0v) is 16.8. The third-order valence-electron chi connectivity index (χ3n) is 6.81. The summed E-state index contributed by atoms with van der Waals surface area (Å²) in [5.74, 6) is 1.33. The molecular formula is C22H33FN2O2. The van der Waals surface area contributed by atoms with Crippen LogP contribution in [0.15, 0.2) is 24.3 Å². The first-order chi connectivity index (χ1) is 13.0. The van der Waals surface area contributed by atoms with Gasteiger partial charge in [-0.15, -0.1) is 0 Å². The molecule has 4 rings (SSSR count). The van der Waals surface area contributed by atoms with Crippen LogP contribution < -0.4 is 4.74 Å². The first-order valence-electron chi connectivity index (χ1n) is 10.4. The van der Waals surface area contributed by atoms with Crippen molar-refractivity contribution in [1.82, 2.24) is 9.80 Å². The van der Waals surface area contributed by atoms with Crippen LogP contribution in [0.2, 0.25) is 0 Å². The second-order valence-corrected chi connectivity index (χ2v) is 9.36. The standard InChI is InChI=1S/C22H33FN2O2/c1-21(2)15-22(16-24-9-12-26-13-10-24)17-25(14-20(21)22)8-3-11-27-19-6-4-18(23)5-7-19/h4-7,20H,3,8-17H2,1-2H3/t20-,22+/m1/s1. The molecular weight excluding hydrogens is 343 g/mol. The highest BCUT2D eigenvalue weighted by atomic mass is 19.1. The zero-order valence-electron chi connectivity index (χ0n) is 16.8. The Labute approximate surface area is 162 Å². The van der Waals surface area contributed by atoms with Crippen molar-refractivity contribution in [2.45, 2.75) is 26.7 Å². The molecule has 2 aliphatic heterocycles. The van der Waals surface area contributed by atoms with Crippen LogP contribution in [0.25, 0.3) is 0 Å². The van der Waals surface area contributed by atoms with Gasteiger partial charge in [0, 0.05) is 44.7 Å². The molecule has 0 amide bonds. The maximum atomic E-state index is 13.0. The number of rotatable bonds is 7. The molecule has 27 heavy (non-hydrogen) atoms. The Bertz CT molecular complexity index is 630. The van der Waals surface area contributed by atoms with Crippen molar-refractivity contribution < 1.29 is 13.9 Å². The Balaban J connectivity index is 1.26. The van der Waals surface area contributed by atoms with Crippen molar-refractivity contribution >= 4 is 0 Å². The zero-order chi connectivity index (χ0) is 18.9. The molecule has 2 heterocycles. The number of halogens is 1. The van der Waals surface area contributed by atoms with Gasteiger partial charge in [0.15, 0.2) is 0 Å². The predicted octanol–water partition coefficient (Wildman–Crippen LogP) is 3.27. The summed E-state index contributed by atoms with van der Waals surface area (Å²) < 4.78 is 24.2. The normalized spacial score (nSPS) is 30.7. The van der Waals surface area contributed by atoms with E-state index in [1.807, 2.05) is 0 Å². The molecule has 0 bridgehead atoms. The van der Waals surface area contributed by atoms with E-state index in [0.29, 0.717) is 17.4 Å². The second-order valence-electron chi connectivity index (χ2n) is 9.36. The molecule has 0 radical (unpaired) electrons. The van der Waals surface area contributed by atoms with Crippen molar-refractivity contribution in [1.29, 1.82) is 0 Å². The number of fused-ring (bicyclic) bond motifs is 1. The van der Waals surface area contributed by atoms with Crippen LogP contribution in [0.4, 0.5) is 4.39 Å². The van der Waals surface area contributed by atoms with Gasteiger partial charge in [-0.3, -0.25) is 4.90 Å². The van der Waals surface area contributed by atoms with Crippen LogP contribution in [-0.2, 0) is 4.74 Å². The van der Waals surface area contributed by atoms with Gasteiger partial charge in [0.1, 0.15) is 11.6 Å². The summed E-state index contributed by atoms with van der Waals surface area (Å²) in [7, 11) is 0. The first-order valence-corrected chi connectivity index (χ1v) is 10.4. The van der Waals surface area contributed by atoms with E-state index in [9.17, 15) is 4.39 Å². The predicted molar refractivity (Wildman–Crippen MR) is 105 cm³/mol. The van der Waals surface area contributed by atoms with E-state index in [2.05, 4.69) is 23.6 Å². The third kappa shape index (κ3) is 4.15. The lowest BCUT2D eigenvalue weighted by molar-refractivity contribution is -0.0966. The van der Waals surface area contributed by atoms with E-state index in [1.54, 1.807) is 12.1 Å². The number of hydrogen-bond donors (Lipinski definition) is 0. The monoisotopic (exact) mass is 376 g/mol. The van der Waals surface area contributed by atoms with Crippen LogP contribution in [0.5, 0.6) is 5.75 Å². The number of hydrogen-bond acceptors (Lipinski definition) is 4. The van der Waals surface area contributed by atoms with Crippen LogP contribution in [0.1, 0.15) is 26.7 Å². The van der Waals surface area contributed by atoms with Gasteiger partial charge >= 0.3 is 0 Å². The highest BCUT2D eigenvalue weighted by Crippen LogP contribution is 2.62. The Hall–Kier alpha value is -1.17. The molecule has 1 saturated carbocycles. The number of benzene rings is 1. The van der Waals surface area contributed by atoms with Crippen LogP contribution in [0.3, 0.4) is 0 Å². The van der Waals surface area contributed by atoms with E-state index in [-0.39, 0.29) is 5.82 Å². The van der Waals surface area contributed by atoms with Gasteiger partial charge in [0.2, 0.25) is 0 Å². The molecule has 3 aliphatic rings. The Kier molecular flexibility index (Phi) is 5.45. The molecule has 3 fully saturated rings. The van der Waals surface area contributed by atoms with Crippen LogP contribution >= 0.6 is 0 Å². The average Bonchev–Trinajstić information content (AvgIpc) is 2.95. The van der Waals surface area contributed by atoms with Crippen molar-refractivity contribution in [3.63, 3.8) is 0 Å². The van der Waals surface area contributed by atoms with Gasteiger partial charge in [-0.05, 0) is 48.4 Å². The Morgan fingerprint density at radius 1 is 1.15 bits per heavy atom. The fourth-order valence-corrected chi connectivity index (χ4v) is 5.83. The fourth-order valence-electron chi connectivity index (χ4n) is 5.83. The van der Waals surface area contributed by atoms with Gasteiger partial charge in [-0.2, -0.15) is 0 Å². The largest absolute Gasteiger partial charge is 0.494 e. The second kappa shape index (κ2) is 7.69. The molecule has 4 nitrogen and oxygen atoms in total. The summed E-state index contributed by atoms with van der Waals surface area (Å²) in [4.78, 5) is 5.26. The van der Waals surface area contributed by atoms with E-state index in [1.165, 1.54) is 38.2 Å². The summed E-state index contributed by atoms with van der Waals surface area (Å²) in [6.45, 7) is 14.2. The third-order valence-corrected chi connectivity index (χ3v) is 6.81. The minimum atomic E-state index is -0.219. The van der Waals surface area contributed by atoms with E-state index >= 15 is 0 Å². The highest BCUT2D eigenvalue weighted by molar-refractivity contribution is 5.22. The molecule has 2 saturated heterocycles. The van der Waals surface area contributed by atoms with Crippen LogP contribution in [-0.4, -0.2) is 68.9 Å². The maximum Gasteiger partial charge on any atom is 0.123 e. The highest BCUT2D eigenvalue weighted by Gasteiger charge is 2.62. The van der Waals surface area contributed by atoms with Crippen molar-refractivity contribution in [3.8, 4) is 5.75 Å².